The number of hydrogen-bond acceptors (Lipinski definition) is 3. The van der Waals surface area contributed by atoms with E-state index in [1.54, 1.807) is 13.0 Å². The fourth-order valence-corrected chi connectivity index (χ4v) is 4.50. The minimum absolute atomic E-state index is 0.177. The molecule has 0 aliphatic heterocycles. The molecule has 1 aliphatic carbocycles. The Hall–Kier alpha value is -0.780. The average Bonchev–Trinajstić information content (AvgIpc) is 2.42. The van der Waals surface area contributed by atoms with Crippen molar-refractivity contribution in [2.75, 3.05) is 12.3 Å². The second-order valence-corrected chi connectivity index (χ2v) is 8.27. The van der Waals surface area contributed by atoms with E-state index < -0.39 is 10.0 Å². The third-order valence-electron chi connectivity index (χ3n) is 4.35. The Morgan fingerprint density at radius 2 is 1.90 bits per heavy atom. The van der Waals surface area contributed by atoms with Crippen LogP contribution in [0.25, 0.3) is 0 Å². The van der Waals surface area contributed by atoms with Crippen LogP contribution >= 0.6 is 11.6 Å². The fraction of sp³-hybridized carbons (Fsp3) is 0.600. The maximum absolute atomic E-state index is 12.4. The molecule has 1 fully saturated rings. The first-order valence-corrected chi connectivity index (χ1v) is 9.21. The van der Waals surface area contributed by atoms with Crippen LogP contribution in [0.3, 0.4) is 0 Å². The van der Waals surface area contributed by atoms with Crippen molar-refractivity contribution in [3.63, 3.8) is 0 Å². The van der Waals surface area contributed by atoms with E-state index in [1.165, 1.54) is 18.9 Å². The third-order valence-corrected chi connectivity index (χ3v) is 6.12. The van der Waals surface area contributed by atoms with Crippen molar-refractivity contribution >= 4 is 27.3 Å². The molecule has 1 aromatic rings. The summed E-state index contributed by atoms with van der Waals surface area (Å²) in [5.41, 5.74) is 6.74. The topological polar surface area (TPSA) is 72.2 Å². The maximum atomic E-state index is 12.4. The van der Waals surface area contributed by atoms with Crippen LogP contribution in [0.1, 0.15) is 38.2 Å². The Balaban J connectivity index is 2.09. The van der Waals surface area contributed by atoms with Crippen molar-refractivity contribution in [1.29, 1.82) is 0 Å². The van der Waals surface area contributed by atoms with E-state index in [-0.39, 0.29) is 4.90 Å². The summed E-state index contributed by atoms with van der Waals surface area (Å²) in [4.78, 5) is 0.177. The van der Waals surface area contributed by atoms with Crippen LogP contribution in [0.4, 0.5) is 5.69 Å². The third kappa shape index (κ3) is 4.11. The van der Waals surface area contributed by atoms with Crippen molar-refractivity contribution in [1.82, 2.24) is 4.72 Å². The Morgan fingerprint density at radius 1 is 1.29 bits per heavy atom. The van der Waals surface area contributed by atoms with Gasteiger partial charge >= 0.3 is 0 Å². The van der Waals surface area contributed by atoms with Gasteiger partial charge in [-0.15, -0.1) is 0 Å². The zero-order chi connectivity index (χ0) is 15.6. The molecular weight excluding hydrogens is 308 g/mol. The van der Waals surface area contributed by atoms with E-state index in [0.29, 0.717) is 28.7 Å². The molecule has 1 aromatic carbocycles. The Kier molecular flexibility index (Phi) is 5.17. The molecule has 0 unspecified atom stereocenters. The van der Waals surface area contributed by atoms with Gasteiger partial charge in [0.05, 0.1) is 4.90 Å². The van der Waals surface area contributed by atoms with Gasteiger partial charge in [-0.1, -0.05) is 31.4 Å². The molecule has 0 aromatic heterocycles. The summed E-state index contributed by atoms with van der Waals surface area (Å²) in [5.74, 6) is 1.18. The van der Waals surface area contributed by atoms with Crippen molar-refractivity contribution < 1.29 is 8.42 Å². The highest BCUT2D eigenvalue weighted by atomic mass is 35.5. The first-order valence-electron chi connectivity index (χ1n) is 7.35. The van der Waals surface area contributed by atoms with Gasteiger partial charge in [0.25, 0.3) is 0 Å². The van der Waals surface area contributed by atoms with E-state index in [1.807, 2.05) is 0 Å². The van der Waals surface area contributed by atoms with Gasteiger partial charge < -0.3 is 5.73 Å². The number of hydrogen-bond donors (Lipinski definition) is 2. The molecule has 6 heteroatoms. The molecule has 3 N–H and O–H groups in total. The highest BCUT2D eigenvalue weighted by molar-refractivity contribution is 7.89. The molecular formula is C15H23ClN2O2S. The summed E-state index contributed by atoms with van der Waals surface area (Å²) in [7, 11) is -3.56. The molecule has 0 bridgehead atoms. The van der Waals surface area contributed by atoms with E-state index in [4.69, 9.17) is 17.3 Å². The predicted molar refractivity (Wildman–Crippen MR) is 86.9 cm³/mol. The van der Waals surface area contributed by atoms with Gasteiger partial charge in [-0.3, -0.25) is 0 Å². The summed E-state index contributed by atoms with van der Waals surface area (Å²) >= 11 is 5.92. The quantitative estimate of drug-likeness (QED) is 0.832. The number of sulfonamides is 1. The number of halogens is 1. The van der Waals surface area contributed by atoms with Crippen LogP contribution in [0, 0.1) is 18.8 Å². The van der Waals surface area contributed by atoms with Crippen LogP contribution in [0.5, 0.6) is 0 Å². The van der Waals surface area contributed by atoms with Crippen LogP contribution in [-0.4, -0.2) is 15.0 Å². The smallest absolute Gasteiger partial charge is 0.240 e. The highest BCUT2D eigenvalue weighted by Gasteiger charge is 2.23. The van der Waals surface area contributed by atoms with Crippen LogP contribution in [0.15, 0.2) is 17.0 Å². The molecule has 21 heavy (non-hydrogen) atoms. The highest BCUT2D eigenvalue weighted by Crippen LogP contribution is 2.29. The second-order valence-electron chi connectivity index (χ2n) is 6.10. The molecule has 0 spiro atoms. The minimum Gasteiger partial charge on any atom is -0.398 e. The summed E-state index contributed by atoms with van der Waals surface area (Å²) in [6, 6.07) is 3.02. The van der Waals surface area contributed by atoms with Gasteiger partial charge in [0.1, 0.15) is 0 Å². The molecule has 1 saturated carbocycles. The fourth-order valence-electron chi connectivity index (χ4n) is 2.79. The number of rotatable bonds is 4. The summed E-state index contributed by atoms with van der Waals surface area (Å²) in [5, 5.41) is 0.338. The molecule has 0 heterocycles. The number of anilines is 1. The van der Waals surface area contributed by atoms with E-state index >= 15 is 0 Å². The van der Waals surface area contributed by atoms with Gasteiger partial charge in [0, 0.05) is 17.3 Å². The van der Waals surface area contributed by atoms with E-state index in [2.05, 4.69) is 11.6 Å². The molecule has 0 amide bonds. The lowest BCUT2D eigenvalue weighted by Crippen LogP contribution is -2.31. The molecule has 1 aliphatic rings. The number of nitrogen functional groups attached to an aromatic ring is 1. The lowest BCUT2D eigenvalue weighted by Gasteiger charge is -2.26. The zero-order valence-corrected chi connectivity index (χ0v) is 14.1. The Bertz CT molecular complexity index is 608. The van der Waals surface area contributed by atoms with Gasteiger partial charge in [0.2, 0.25) is 10.0 Å². The maximum Gasteiger partial charge on any atom is 0.240 e. The monoisotopic (exact) mass is 330 g/mol. The van der Waals surface area contributed by atoms with E-state index in [0.717, 1.165) is 18.8 Å². The van der Waals surface area contributed by atoms with Crippen molar-refractivity contribution in [3.8, 4) is 0 Å². The minimum atomic E-state index is -3.56. The first-order chi connectivity index (χ1) is 9.79. The number of nitrogens with one attached hydrogen (secondary N) is 1. The SMILES string of the molecule is Cc1c(N)cc(Cl)cc1S(=O)(=O)NCC1CCC(C)CC1. The molecule has 118 valence electrons. The lowest BCUT2D eigenvalue weighted by molar-refractivity contribution is 0.290. The standard InChI is InChI=1S/C15H23ClN2O2S/c1-10-3-5-12(6-4-10)9-18-21(19,20)15-8-13(16)7-14(17)11(15)2/h7-8,10,12,18H,3-6,9,17H2,1-2H3. The van der Waals surface area contributed by atoms with Crippen LogP contribution in [0.2, 0.25) is 5.02 Å². The van der Waals surface area contributed by atoms with Crippen molar-refractivity contribution in [2.24, 2.45) is 11.8 Å². The Morgan fingerprint density at radius 3 is 2.52 bits per heavy atom. The van der Waals surface area contributed by atoms with E-state index in [9.17, 15) is 8.42 Å². The van der Waals surface area contributed by atoms with Crippen molar-refractivity contribution in [2.45, 2.75) is 44.4 Å². The molecule has 0 atom stereocenters. The van der Waals surface area contributed by atoms with Gasteiger partial charge in [-0.2, -0.15) is 0 Å². The van der Waals surface area contributed by atoms with Crippen LogP contribution < -0.4 is 10.5 Å². The lowest BCUT2D eigenvalue weighted by atomic mass is 9.83. The van der Waals surface area contributed by atoms with Gasteiger partial charge in [0.15, 0.2) is 0 Å². The molecule has 0 radical (unpaired) electrons. The summed E-state index contributed by atoms with van der Waals surface area (Å²) in [6.45, 7) is 4.43. The zero-order valence-electron chi connectivity index (χ0n) is 12.5. The first kappa shape index (κ1) is 16.6. The normalized spacial score (nSPS) is 23.2. The Labute approximate surface area is 132 Å². The predicted octanol–water partition coefficient (Wildman–Crippen LogP) is 3.34. The van der Waals surface area contributed by atoms with Gasteiger partial charge in [-0.25, -0.2) is 13.1 Å². The number of nitrogens with two attached hydrogens (primary N) is 1. The summed E-state index contributed by atoms with van der Waals surface area (Å²) < 4.78 is 27.6. The van der Waals surface area contributed by atoms with Gasteiger partial charge in [-0.05, 0) is 49.3 Å². The largest absolute Gasteiger partial charge is 0.398 e. The molecule has 0 saturated heterocycles. The second kappa shape index (κ2) is 6.55. The van der Waals surface area contributed by atoms with Crippen molar-refractivity contribution in [3.05, 3.63) is 22.7 Å². The molecule has 4 nitrogen and oxygen atoms in total. The summed E-state index contributed by atoms with van der Waals surface area (Å²) in [6.07, 6.45) is 4.52. The van der Waals surface area contributed by atoms with Crippen LogP contribution in [-0.2, 0) is 10.0 Å². The molecule has 2 rings (SSSR count). The average molecular weight is 331 g/mol. The number of benzene rings is 1.